The molecule has 4 rings (SSSR count). The number of nitrogens with zero attached hydrogens (tertiary/aromatic N) is 1. The largest absolute Gasteiger partial charge is 0.325 e. The van der Waals surface area contributed by atoms with Crippen molar-refractivity contribution in [3.63, 3.8) is 0 Å². The first-order valence-electron chi connectivity index (χ1n) is 9.62. The summed E-state index contributed by atoms with van der Waals surface area (Å²) in [4.78, 5) is 39.2. The molecule has 0 aliphatic carbocycles. The highest BCUT2D eigenvalue weighted by atomic mass is 19.1. The number of anilines is 1. The van der Waals surface area contributed by atoms with Crippen LogP contribution in [0, 0.1) is 5.82 Å². The number of urea groups is 1. The summed E-state index contributed by atoms with van der Waals surface area (Å²) in [6, 6.07) is 17.9. The quantitative estimate of drug-likeness (QED) is 0.634. The fourth-order valence-electron chi connectivity index (χ4n) is 3.81. The molecule has 0 saturated carbocycles. The minimum Gasteiger partial charge on any atom is -0.324 e. The number of imide groups is 1. The average molecular weight is 405 g/mol. The van der Waals surface area contributed by atoms with Crippen molar-refractivity contribution in [1.82, 2.24) is 10.2 Å². The topological polar surface area (TPSA) is 78.5 Å². The van der Waals surface area contributed by atoms with Crippen LogP contribution in [0.3, 0.4) is 0 Å². The van der Waals surface area contributed by atoms with Gasteiger partial charge < -0.3 is 10.6 Å². The normalized spacial score (nSPS) is 18.5. The third-order valence-corrected chi connectivity index (χ3v) is 5.41. The maximum Gasteiger partial charge on any atom is 0.325 e. The highest BCUT2D eigenvalue weighted by molar-refractivity contribution is 6.11. The van der Waals surface area contributed by atoms with Crippen LogP contribution in [0.2, 0.25) is 0 Å². The molecule has 152 valence electrons. The van der Waals surface area contributed by atoms with E-state index in [4.69, 9.17) is 0 Å². The van der Waals surface area contributed by atoms with Gasteiger partial charge in [0.1, 0.15) is 17.9 Å². The fraction of sp³-hybridized carbons (Fsp3) is 0.174. The van der Waals surface area contributed by atoms with Crippen LogP contribution in [0.25, 0.3) is 10.8 Å². The van der Waals surface area contributed by atoms with Crippen molar-refractivity contribution in [2.75, 3.05) is 11.9 Å². The number of benzene rings is 3. The van der Waals surface area contributed by atoms with E-state index < -0.39 is 35.7 Å². The number of nitrogens with one attached hydrogen (secondary N) is 2. The summed E-state index contributed by atoms with van der Waals surface area (Å²) < 4.78 is 13.3. The van der Waals surface area contributed by atoms with Gasteiger partial charge in [0.05, 0.1) is 0 Å². The van der Waals surface area contributed by atoms with Gasteiger partial charge in [0.2, 0.25) is 5.91 Å². The summed E-state index contributed by atoms with van der Waals surface area (Å²) in [5.74, 6) is -1.45. The van der Waals surface area contributed by atoms with Crippen molar-refractivity contribution in [3.05, 3.63) is 78.1 Å². The lowest BCUT2D eigenvalue weighted by Crippen LogP contribution is -2.44. The molecular weight excluding hydrogens is 385 g/mol. The maximum atomic E-state index is 13.3. The van der Waals surface area contributed by atoms with Crippen LogP contribution in [-0.2, 0) is 15.1 Å². The van der Waals surface area contributed by atoms with E-state index in [0.29, 0.717) is 11.3 Å². The Morgan fingerprint density at radius 1 is 1.03 bits per heavy atom. The highest BCUT2D eigenvalue weighted by Crippen LogP contribution is 2.32. The zero-order valence-electron chi connectivity index (χ0n) is 16.3. The molecule has 3 aromatic rings. The van der Waals surface area contributed by atoms with Crippen molar-refractivity contribution in [2.45, 2.75) is 18.9 Å². The van der Waals surface area contributed by atoms with Gasteiger partial charge >= 0.3 is 6.03 Å². The fourth-order valence-corrected chi connectivity index (χ4v) is 3.81. The molecule has 3 aromatic carbocycles. The number of hydrogen-bond acceptors (Lipinski definition) is 3. The predicted molar refractivity (Wildman–Crippen MR) is 111 cm³/mol. The van der Waals surface area contributed by atoms with Gasteiger partial charge in [-0.25, -0.2) is 9.18 Å². The molecule has 1 unspecified atom stereocenters. The molecule has 0 spiro atoms. The zero-order chi connectivity index (χ0) is 21.3. The summed E-state index contributed by atoms with van der Waals surface area (Å²) in [6.45, 7) is 1.33. The molecule has 1 aliphatic heterocycles. The Kier molecular flexibility index (Phi) is 4.95. The van der Waals surface area contributed by atoms with Crippen molar-refractivity contribution in [1.29, 1.82) is 0 Å². The maximum absolute atomic E-state index is 13.3. The number of fused-ring (bicyclic) bond motifs is 1. The second kappa shape index (κ2) is 7.59. The molecule has 1 heterocycles. The molecule has 1 saturated heterocycles. The van der Waals surface area contributed by atoms with Crippen molar-refractivity contribution in [2.24, 2.45) is 0 Å². The van der Waals surface area contributed by atoms with Gasteiger partial charge in [-0.05, 0) is 35.6 Å². The van der Waals surface area contributed by atoms with Crippen LogP contribution in [0.4, 0.5) is 14.9 Å². The van der Waals surface area contributed by atoms with Gasteiger partial charge in [0.25, 0.3) is 5.91 Å². The van der Waals surface area contributed by atoms with Crippen molar-refractivity contribution in [3.8, 4) is 0 Å². The van der Waals surface area contributed by atoms with E-state index in [1.165, 1.54) is 24.3 Å². The van der Waals surface area contributed by atoms with Crippen molar-refractivity contribution >= 4 is 34.3 Å². The molecule has 0 bridgehead atoms. The van der Waals surface area contributed by atoms with Gasteiger partial charge in [0.15, 0.2) is 0 Å². The Balaban J connectivity index is 1.55. The first-order chi connectivity index (χ1) is 14.4. The van der Waals surface area contributed by atoms with Gasteiger partial charge in [-0.1, -0.05) is 55.5 Å². The third kappa shape index (κ3) is 3.28. The Morgan fingerprint density at radius 2 is 1.73 bits per heavy atom. The molecule has 1 fully saturated rings. The van der Waals surface area contributed by atoms with Crippen LogP contribution in [0.1, 0.15) is 18.9 Å². The third-order valence-electron chi connectivity index (χ3n) is 5.41. The Labute approximate surface area is 172 Å². The number of carbonyl (C=O) groups is 3. The molecule has 2 N–H and O–H groups in total. The second-order valence-corrected chi connectivity index (χ2v) is 7.16. The molecule has 30 heavy (non-hydrogen) atoms. The zero-order valence-corrected chi connectivity index (χ0v) is 16.3. The monoisotopic (exact) mass is 405 g/mol. The summed E-state index contributed by atoms with van der Waals surface area (Å²) >= 11 is 0. The highest BCUT2D eigenvalue weighted by Gasteiger charge is 2.51. The lowest BCUT2D eigenvalue weighted by molar-refractivity contribution is -0.134. The summed E-state index contributed by atoms with van der Waals surface area (Å²) in [7, 11) is 0. The summed E-state index contributed by atoms with van der Waals surface area (Å²) in [5, 5.41) is 7.29. The van der Waals surface area contributed by atoms with Gasteiger partial charge in [0, 0.05) is 11.1 Å². The SMILES string of the molecule is CCC1(c2ccc(F)cc2)NC(=O)N(CC(=O)Nc2cccc3ccccc23)C1=O. The molecule has 6 nitrogen and oxygen atoms in total. The molecule has 7 heteroatoms. The molecule has 1 aliphatic rings. The summed E-state index contributed by atoms with van der Waals surface area (Å²) in [5.41, 5.74) is -0.239. The van der Waals surface area contributed by atoms with E-state index >= 15 is 0 Å². The lowest BCUT2D eigenvalue weighted by atomic mass is 9.87. The van der Waals surface area contributed by atoms with E-state index in [1.54, 1.807) is 13.0 Å². The predicted octanol–water partition coefficient (Wildman–Crippen LogP) is 3.77. The molecule has 0 aromatic heterocycles. The van der Waals surface area contributed by atoms with Crippen LogP contribution < -0.4 is 10.6 Å². The van der Waals surface area contributed by atoms with Gasteiger partial charge in [-0.2, -0.15) is 0 Å². The Hall–Kier alpha value is -3.74. The van der Waals surface area contributed by atoms with E-state index in [-0.39, 0.29) is 6.42 Å². The smallest absolute Gasteiger partial charge is 0.324 e. The number of hydrogen-bond donors (Lipinski definition) is 2. The van der Waals surface area contributed by atoms with E-state index in [1.807, 2.05) is 36.4 Å². The van der Waals surface area contributed by atoms with E-state index in [2.05, 4.69) is 10.6 Å². The second-order valence-electron chi connectivity index (χ2n) is 7.16. The number of carbonyl (C=O) groups excluding carboxylic acids is 3. The molecular formula is C23H20FN3O3. The van der Waals surface area contributed by atoms with Crippen LogP contribution in [0.15, 0.2) is 66.7 Å². The van der Waals surface area contributed by atoms with Gasteiger partial charge in [-0.15, -0.1) is 0 Å². The van der Waals surface area contributed by atoms with Gasteiger partial charge in [-0.3, -0.25) is 14.5 Å². The number of halogens is 1. The Morgan fingerprint density at radius 3 is 2.47 bits per heavy atom. The average Bonchev–Trinajstić information content (AvgIpc) is 2.99. The summed E-state index contributed by atoms with van der Waals surface area (Å²) in [6.07, 6.45) is 0.268. The van der Waals surface area contributed by atoms with Crippen LogP contribution in [0.5, 0.6) is 0 Å². The van der Waals surface area contributed by atoms with E-state index in [0.717, 1.165) is 15.7 Å². The van der Waals surface area contributed by atoms with E-state index in [9.17, 15) is 18.8 Å². The standard InChI is InChI=1S/C23H20FN3O3/c1-2-23(16-10-12-17(24)13-11-16)21(29)27(22(30)26-23)14-20(28)25-19-9-5-7-15-6-3-4-8-18(15)19/h3-13H,2,14H2,1H3,(H,25,28)(H,26,30). The number of rotatable bonds is 5. The molecule has 0 radical (unpaired) electrons. The van der Waals surface area contributed by atoms with Crippen LogP contribution in [-0.4, -0.2) is 29.3 Å². The first kappa shape index (κ1) is 19.6. The minimum atomic E-state index is -1.31. The van der Waals surface area contributed by atoms with Crippen LogP contribution >= 0.6 is 0 Å². The lowest BCUT2D eigenvalue weighted by Gasteiger charge is -2.25. The van der Waals surface area contributed by atoms with Crippen molar-refractivity contribution < 1.29 is 18.8 Å². The Bertz CT molecular complexity index is 1140. The molecule has 4 amide bonds. The number of amides is 4. The minimum absolute atomic E-state index is 0.268. The first-order valence-corrected chi connectivity index (χ1v) is 9.62. The molecule has 1 atom stereocenters.